The second kappa shape index (κ2) is 6.94. The van der Waals surface area contributed by atoms with Crippen LogP contribution in [0.15, 0.2) is 48.8 Å². The molecule has 3 heterocycles. The second-order valence-corrected chi connectivity index (χ2v) is 9.20. The first-order valence-corrected chi connectivity index (χ1v) is 11.4. The van der Waals surface area contributed by atoms with Crippen molar-refractivity contribution in [1.82, 2.24) is 9.38 Å². The molecule has 1 atom stereocenters. The first-order chi connectivity index (χ1) is 15.1. The third kappa shape index (κ3) is 2.74. The number of hydrogen-bond donors (Lipinski definition) is 1. The number of nitrogens with zero attached hydrogens (tertiary/aromatic N) is 2. The minimum absolute atomic E-state index is 0.259. The highest BCUT2D eigenvalue weighted by Crippen LogP contribution is 2.42. The molecule has 1 aromatic heterocycles. The summed E-state index contributed by atoms with van der Waals surface area (Å²) >= 11 is 0. The molecule has 31 heavy (non-hydrogen) atoms. The zero-order chi connectivity index (χ0) is 21.1. The van der Waals surface area contributed by atoms with Gasteiger partial charge in [0, 0.05) is 29.3 Å². The molecule has 4 aliphatic rings. The van der Waals surface area contributed by atoms with Crippen LogP contribution in [0.4, 0.5) is 0 Å². The van der Waals surface area contributed by atoms with E-state index in [1.807, 2.05) is 6.20 Å². The highest BCUT2D eigenvalue weighted by atomic mass is 16.4. The quantitative estimate of drug-likeness (QED) is 0.381. The van der Waals surface area contributed by atoms with Crippen molar-refractivity contribution in [3.05, 3.63) is 71.1 Å². The van der Waals surface area contributed by atoms with E-state index in [0.29, 0.717) is 5.92 Å². The Morgan fingerprint density at radius 1 is 1.19 bits per heavy atom. The van der Waals surface area contributed by atoms with Crippen LogP contribution < -0.4 is 0 Å². The first-order valence-electron chi connectivity index (χ1n) is 11.4. The minimum Gasteiger partial charge on any atom is -0.478 e. The van der Waals surface area contributed by atoms with Gasteiger partial charge in [0.15, 0.2) is 0 Å². The van der Waals surface area contributed by atoms with Crippen LogP contribution in [0, 0.1) is 0 Å². The molecule has 1 saturated carbocycles. The van der Waals surface area contributed by atoms with Crippen LogP contribution in [0.2, 0.25) is 0 Å². The van der Waals surface area contributed by atoms with Gasteiger partial charge in [0.1, 0.15) is 0 Å². The van der Waals surface area contributed by atoms with Gasteiger partial charge < -0.3 is 9.51 Å². The number of aromatic carboxylic acids is 1. The number of para-hydroxylation sites is 1. The predicted molar refractivity (Wildman–Crippen MR) is 123 cm³/mol. The monoisotopic (exact) mass is 410 g/mol. The van der Waals surface area contributed by atoms with Gasteiger partial charge in [0.2, 0.25) is 0 Å². The highest BCUT2D eigenvalue weighted by molar-refractivity contribution is 5.98. The summed E-state index contributed by atoms with van der Waals surface area (Å²) in [4.78, 5) is 16.6. The Kier molecular flexibility index (Phi) is 4.17. The average molecular weight is 411 g/mol. The number of carbonyl (C=O) groups is 1. The molecule has 2 aliphatic carbocycles. The molecule has 0 bridgehead atoms. The summed E-state index contributed by atoms with van der Waals surface area (Å²) < 4.78 is 2.28. The molecule has 1 aromatic carbocycles. The summed E-state index contributed by atoms with van der Waals surface area (Å²) in [6.45, 7) is 2.22. The van der Waals surface area contributed by atoms with Crippen LogP contribution >= 0.6 is 0 Å². The van der Waals surface area contributed by atoms with E-state index in [-0.39, 0.29) is 11.5 Å². The molecule has 0 spiro atoms. The van der Waals surface area contributed by atoms with E-state index in [9.17, 15) is 9.90 Å². The van der Waals surface area contributed by atoms with Crippen molar-refractivity contribution < 1.29 is 9.90 Å². The number of benzene rings is 1. The highest BCUT2D eigenvalue weighted by Gasteiger charge is 2.27. The summed E-state index contributed by atoms with van der Waals surface area (Å²) in [5, 5.41) is 11.1. The van der Waals surface area contributed by atoms with Crippen LogP contribution in [0.3, 0.4) is 0 Å². The molecule has 6 rings (SSSR count). The third-order valence-corrected chi connectivity index (χ3v) is 7.38. The van der Waals surface area contributed by atoms with E-state index >= 15 is 0 Å². The largest absolute Gasteiger partial charge is 0.478 e. The number of carboxylic acids is 1. The Hall–Kier alpha value is -3.14. The van der Waals surface area contributed by atoms with Crippen molar-refractivity contribution in [2.24, 2.45) is 0 Å². The van der Waals surface area contributed by atoms with Gasteiger partial charge >= 0.3 is 5.97 Å². The van der Waals surface area contributed by atoms with Crippen LogP contribution in [0.1, 0.15) is 77.9 Å². The third-order valence-electron chi connectivity index (χ3n) is 7.38. The molecule has 1 N–H and O–H groups in total. The normalized spacial score (nSPS) is 19.3. The molecular formula is C27H26N2O2. The van der Waals surface area contributed by atoms with Gasteiger partial charge in [-0.15, -0.1) is 0 Å². The summed E-state index contributed by atoms with van der Waals surface area (Å²) in [5.74, 6) is -0.0883. The maximum absolute atomic E-state index is 12.0. The number of aromatic nitrogens is 2. The van der Waals surface area contributed by atoms with Crippen LogP contribution in [-0.2, 0) is 6.42 Å². The predicted octanol–water partition coefficient (Wildman–Crippen LogP) is 6.55. The van der Waals surface area contributed by atoms with Gasteiger partial charge in [-0.3, -0.25) is 4.98 Å². The number of fused-ring (bicyclic) bond motifs is 7. The topological polar surface area (TPSA) is 54.6 Å². The average Bonchev–Trinajstić information content (AvgIpc) is 3.33. The zero-order valence-electron chi connectivity index (χ0n) is 17.8. The molecule has 1 fully saturated rings. The zero-order valence-corrected chi connectivity index (χ0v) is 17.8. The van der Waals surface area contributed by atoms with Crippen molar-refractivity contribution in [2.75, 3.05) is 0 Å². The maximum Gasteiger partial charge on any atom is 0.338 e. The first kappa shape index (κ1) is 18.6. The van der Waals surface area contributed by atoms with E-state index < -0.39 is 5.97 Å². The lowest BCUT2D eigenvalue weighted by atomic mass is 9.83. The number of rotatable bonds is 2. The SMILES string of the molecule is CC1C=CCc2c3ncc(C(=O)O)c-3cn3c(cc4cccc(C5CCCCC5)c43)c21. The van der Waals surface area contributed by atoms with Gasteiger partial charge in [-0.05, 0) is 47.9 Å². The summed E-state index contributed by atoms with van der Waals surface area (Å²) in [7, 11) is 0. The molecule has 4 heteroatoms. The smallest absolute Gasteiger partial charge is 0.338 e. The van der Waals surface area contributed by atoms with Gasteiger partial charge in [-0.25, -0.2) is 4.79 Å². The molecule has 0 saturated heterocycles. The fraction of sp³-hybridized carbons (Fsp3) is 0.333. The van der Waals surface area contributed by atoms with Gasteiger partial charge in [0.05, 0.1) is 22.3 Å². The fourth-order valence-corrected chi connectivity index (χ4v) is 5.95. The van der Waals surface area contributed by atoms with Crippen LogP contribution in [0.5, 0.6) is 0 Å². The van der Waals surface area contributed by atoms with Crippen molar-refractivity contribution in [2.45, 2.75) is 57.3 Å². The lowest BCUT2D eigenvalue weighted by molar-refractivity contribution is 0.0698. The van der Waals surface area contributed by atoms with E-state index in [0.717, 1.165) is 23.2 Å². The lowest BCUT2D eigenvalue weighted by Crippen LogP contribution is -2.06. The Morgan fingerprint density at radius 3 is 2.84 bits per heavy atom. The van der Waals surface area contributed by atoms with Gasteiger partial charge in [-0.1, -0.05) is 56.5 Å². The van der Waals surface area contributed by atoms with E-state index in [4.69, 9.17) is 0 Å². The van der Waals surface area contributed by atoms with E-state index in [1.54, 1.807) is 0 Å². The molecule has 4 nitrogen and oxygen atoms in total. The molecule has 2 aliphatic heterocycles. The number of allylic oxidation sites excluding steroid dienone is 2. The van der Waals surface area contributed by atoms with Crippen LogP contribution in [0.25, 0.3) is 27.7 Å². The fourth-order valence-electron chi connectivity index (χ4n) is 5.95. The molecule has 1 unspecified atom stereocenters. The van der Waals surface area contributed by atoms with Crippen molar-refractivity contribution in [1.29, 1.82) is 0 Å². The Labute approximate surface area is 181 Å². The Balaban J connectivity index is 1.77. The van der Waals surface area contributed by atoms with Crippen molar-refractivity contribution in [3.8, 4) is 11.3 Å². The van der Waals surface area contributed by atoms with E-state index in [1.165, 1.54) is 65.8 Å². The van der Waals surface area contributed by atoms with Crippen molar-refractivity contribution in [3.63, 3.8) is 0 Å². The summed E-state index contributed by atoms with van der Waals surface area (Å²) in [6.07, 6.45) is 15.2. The minimum atomic E-state index is -0.918. The van der Waals surface area contributed by atoms with Crippen LogP contribution in [-0.4, -0.2) is 20.5 Å². The van der Waals surface area contributed by atoms with Crippen molar-refractivity contribution >= 4 is 22.4 Å². The molecular weight excluding hydrogens is 384 g/mol. The summed E-state index contributed by atoms with van der Waals surface area (Å²) in [6, 6.07) is 8.97. The van der Waals surface area contributed by atoms with Gasteiger partial charge in [-0.2, -0.15) is 0 Å². The maximum atomic E-state index is 12.0. The molecule has 156 valence electrons. The molecule has 0 radical (unpaired) electrons. The number of hydrogen-bond acceptors (Lipinski definition) is 2. The Morgan fingerprint density at radius 2 is 2.03 bits per heavy atom. The second-order valence-electron chi connectivity index (χ2n) is 9.20. The summed E-state index contributed by atoms with van der Waals surface area (Å²) in [5.41, 5.74) is 8.11. The Bertz CT molecular complexity index is 1340. The molecule has 2 aromatic rings. The number of carboxylic acid groups (broad SMARTS) is 1. The molecule has 0 amide bonds. The standard InChI is InChI=1S/C27H26N2O2/c1-16-7-5-12-20-24(16)23-13-18-10-6-11-19(17-8-3-2-4-9-17)26(18)29(23)15-22-21(27(30)31)14-28-25(20)22/h5-7,10-11,13-17H,2-4,8-9,12H2,1H3,(H,30,31). The van der Waals surface area contributed by atoms with Gasteiger partial charge in [0.25, 0.3) is 0 Å². The van der Waals surface area contributed by atoms with E-state index in [2.05, 4.69) is 52.7 Å². The lowest BCUT2D eigenvalue weighted by Gasteiger charge is -2.23.